The van der Waals surface area contributed by atoms with Gasteiger partial charge in [0.25, 0.3) is 0 Å². The number of anilines is 4. The third kappa shape index (κ3) is 4.04. The molecule has 0 radical (unpaired) electrons. The monoisotopic (exact) mass is 361 g/mol. The molecule has 8 heteroatoms. The fourth-order valence-corrected chi connectivity index (χ4v) is 2.39. The maximum absolute atomic E-state index is 6.02. The van der Waals surface area contributed by atoms with Gasteiger partial charge in [0, 0.05) is 15.7 Å². The van der Waals surface area contributed by atoms with Crippen LogP contribution in [0, 0.1) is 0 Å². The van der Waals surface area contributed by atoms with Gasteiger partial charge >= 0.3 is 0 Å². The number of aromatic nitrogens is 3. The average Bonchev–Trinajstić information content (AvgIpc) is 2.55. The first-order chi connectivity index (χ1) is 11.6. The minimum absolute atomic E-state index is 0.336. The molecule has 24 heavy (non-hydrogen) atoms. The second kappa shape index (κ2) is 7.33. The van der Waals surface area contributed by atoms with Crippen LogP contribution in [0.1, 0.15) is 0 Å². The molecule has 0 aliphatic rings. The molecule has 0 unspecified atom stereocenters. The Morgan fingerprint density at radius 2 is 1.83 bits per heavy atom. The summed E-state index contributed by atoms with van der Waals surface area (Å²) in [6.07, 6.45) is 1.50. The molecule has 3 rings (SSSR count). The summed E-state index contributed by atoms with van der Waals surface area (Å²) >= 11 is 12.0. The first-order valence-corrected chi connectivity index (χ1v) is 7.72. The summed E-state index contributed by atoms with van der Waals surface area (Å²) in [7, 11) is 1.58. The molecule has 2 N–H and O–H groups in total. The summed E-state index contributed by atoms with van der Waals surface area (Å²) in [4.78, 5) is 4.36. The van der Waals surface area contributed by atoms with E-state index in [0.29, 0.717) is 33.2 Å². The third-order valence-corrected chi connectivity index (χ3v) is 3.53. The van der Waals surface area contributed by atoms with E-state index >= 15 is 0 Å². The van der Waals surface area contributed by atoms with Crippen LogP contribution < -0.4 is 15.4 Å². The van der Waals surface area contributed by atoms with Gasteiger partial charge in [-0.2, -0.15) is 10.1 Å². The molecule has 3 aromatic rings. The number of rotatable bonds is 5. The van der Waals surface area contributed by atoms with Gasteiger partial charge in [0.2, 0.25) is 5.95 Å². The van der Waals surface area contributed by atoms with Crippen LogP contribution in [0.4, 0.5) is 23.1 Å². The highest BCUT2D eigenvalue weighted by Gasteiger charge is 2.07. The van der Waals surface area contributed by atoms with Crippen molar-refractivity contribution in [3.8, 4) is 5.75 Å². The van der Waals surface area contributed by atoms with E-state index in [4.69, 9.17) is 27.9 Å². The number of benzene rings is 2. The zero-order valence-electron chi connectivity index (χ0n) is 12.6. The van der Waals surface area contributed by atoms with Gasteiger partial charge in [-0.1, -0.05) is 29.3 Å². The maximum atomic E-state index is 6.02. The number of ether oxygens (including phenoxy) is 1. The minimum atomic E-state index is 0.336. The Morgan fingerprint density at radius 3 is 2.62 bits per heavy atom. The lowest BCUT2D eigenvalue weighted by Gasteiger charge is -2.11. The quantitative estimate of drug-likeness (QED) is 0.687. The van der Waals surface area contributed by atoms with E-state index in [-0.39, 0.29) is 0 Å². The molecule has 0 saturated carbocycles. The number of hydrogen-bond donors (Lipinski definition) is 2. The van der Waals surface area contributed by atoms with Gasteiger partial charge in [-0.15, -0.1) is 5.10 Å². The zero-order valence-corrected chi connectivity index (χ0v) is 14.1. The predicted octanol–water partition coefficient (Wildman–Crippen LogP) is 4.67. The van der Waals surface area contributed by atoms with Gasteiger partial charge in [0.15, 0.2) is 5.82 Å². The molecule has 122 valence electrons. The zero-order chi connectivity index (χ0) is 16.9. The molecule has 0 bridgehead atoms. The number of nitrogens with one attached hydrogen (secondary N) is 2. The summed E-state index contributed by atoms with van der Waals surface area (Å²) in [6.45, 7) is 0. The molecule has 1 aromatic heterocycles. The highest BCUT2D eigenvalue weighted by atomic mass is 35.5. The van der Waals surface area contributed by atoms with Crippen molar-refractivity contribution in [3.63, 3.8) is 0 Å². The molecule has 0 amide bonds. The van der Waals surface area contributed by atoms with Crippen molar-refractivity contribution >= 4 is 46.3 Å². The third-order valence-electron chi connectivity index (χ3n) is 3.06. The molecule has 0 aliphatic heterocycles. The number of hydrogen-bond acceptors (Lipinski definition) is 6. The second-order valence-electron chi connectivity index (χ2n) is 4.77. The standard InChI is InChI=1S/C16H13Cl2N5O/c1-24-14-6-5-11(18)8-13(14)21-15-9-19-23-16(22-15)20-12-4-2-3-10(17)7-12/h2-9H,1H3,(H2,20,21,22,23). The normalized spacial score (nSPS) is 10.3. The van der Waals surface area contributed by atoms with Gasteiger partial charge in [0.05, 0.1) is 19.0 Å². The van der Waals surface area contributed by atoms with Crippen LogP contribution in [0.3, 0.4) is 0 Å². The van der Waals surface area contributed by atoms with Crippen molar-refractivity contribution in [1.29, 1.82) is 0 Å². The largest absolute Gasteiger partial charge is 0.495 e. The van der Waals surface area contributed by atoms with E-state index in [1.165, 1.54) is 6.20 Å². The Bertz CT molecular complexity index is 859. The van der Waals surface area contributed by atoms with Crippen LogP contribution in [0.2, 0.25) is 10.0 Å². The Kier molecular flexibility index (Phi) is 4.98. The highest BCUT2D eigenvalue weighted by Crippen LogP contribution is 2.30. The fraction of sp³-hybridized carbons (Fsp3) is 0.0625. The first kappa shape index (κ1) is 16.3. The summed E-state index contributed by atoms with van der Waals surface area (Å²) < 4.78 is 5.30. The van der Waals surface area contributed by atoms with Crippen molar-refractivity contribution in [3.05, 3.63) is 58.7 Å². The molecule has 6 nitrogen and oxygen atoms in total. The first-order valence-electron chi connectivity index (χ1n) is 6.97. The maximum Gasteiger partial charge on any atom is 0.249 e. The van der Waals surface area contributed by atoms with Crippen LogP contribution in [0.25, 0.3) is 0 Å². The Balaban J connectivity index is 1.82. The summed E-state index contributed by atoms with van der Waals surface area (Å²) in [5.74, 6) is 1.47. The fourth-order valence-electron chi connectivity index (χ4n) is 2.03. The van der Waals surface area contributed by atoms with Crippen molar-refractivity contribution in [2.24, 2.45) is 0 Å². The van der Waals surface area contributed by atoms with E-state index in [2.05, 4.69) is 25.8 Å². The lowest BCUT2D eigenvalue weighted by atomic mass is 10.3. The van der Waals surface area contributed by atoms with Crippen molar-refractivity contribution < 1.29 is 4.74 Å². The molecule has 1 heterocycles. The predicted molar refractivity (Wildman–Crippen MR) is 95.8 cm³/mol. The van der Waals surface area contributed by atoms with Crippen LogP contribution in [0.15, 0.2) is 48.7 Å². The molecule has 0 fully saturated rings. The summed E-state index contributed by atoms with van der Waals surface area (Å²) in [5.41, 5.74) is 1.45. The average molecular weight is 362 g/mol. The van der Waals surface area contributed by atoms with Crippen LogP contribution in [-0.2, 0) is 0 Å². The van der Waals surface area contributed by atoms with Gasteiger partial charge < -0.3 is 15.4 Å². The lowest BCUT2D eigenvalue weighted by molar-refractivity contribution is 0.417. The van der Waals surface area contributed by atoms with Crippen LogP contribution >= 0.6 is 23.2 Å². The van der Waals surface area contributed by atoms with E-state index in [0.717, 1.165) is 5.69 Å². The van der Waals surface area contributed by atoms with Gasteiger partial charge in [-0.25, -0.2) is 0 Å². The summed E-state index contributed by atoms with van der Waals surface area (Å²) in [6, 6.07) is 12.5. The molecule has 0 saturated heterocycles. The smallest absolute Gasteiger partial charge is 0.249 e. The minimum Gasteiger partial charge on any atom is -0.495 e. The van der Waals surface area contributed by atoms with E-state index < -0.39 is 0 Å². The second-order valence-corrected chi connectivity index (χ2v) is 5.64. The highest BCUT2D eigenvalue weighted by molar-refractivity contribution is 6.31. The van der Waals surface area contributed by atoms with E-state index in [1.54, 1.807) is 37.4 Å². The SMILES string of the molecule is COc1ccc(Cl)cc1Nc1cnnc(Nc2cccc(Cl)c2)n1. The number of halogens is 2. The van der Waals surface area contributed by atoms with Gasteiger partial charge in [-0.05, 0) is 36.4 Å². The topological polar surface area (TPSA) is 72.0 Å². The number of methoxy groups -OCH3 is 1. The Labute approximate surface area is 148 Å². The van der Waals surface area contributed by atoms with Crippen LogP contribution in [-0.4, -0.2) is 22.3 Å². The van der Waals surface area contributed by atoms with Crippen molar-refractivity contribution in [2.75, 3.05) is 17.7 Å². The molecule has 0 aliphatic carbocycles. The molecule has 0 atom stereocenters. The van der Waals surface area contributed by atoms with Crippen molar-refractivity contribution in [2.45, 2.75) is 0 Å². The Hall–Kier alpha value is -2.57. The summed E-state index contributed by atoms with van der Waals surface area (Å²) in [5, 5.41) is 15.2. The van der Waals surface area contributed by atoms with Gasteiger partial charge in [0.1, 0.15) is 5.75 Å². The van der Waals surface area contributed by atoms with Gasteiger partial charge in [-0.3, -0.25) is 0 Å². The Morgan fingerprint density at radius 1 is 1.00 bits per heavy atom. The van der Waals surface area contributed by atoms with E-state index in [9.17, 15) is 0 Å². The molecular weight excluding hydrogens is 349 g/mol. The van der Waals surface area contributed by atoms with Crippen LogP contribution in [0.5, 0.6) is 5.75 Å². The van der Waals surface area contributed by atoms with Crippen molar-refractivity contribution in [1.82, 2.24) is 15.2 Å². The number of nitrogens with zero attached hydrogens (tertiary/aromatic N) is 3. The molecular formula is C16H13Cl2N5O. The van der Waals surface area contributed by atoms with E-state index in [1.807, 2.05) is 12.1 Å². The lowest BCUT2D eigenvalue weighted by Crippen LogP contribution is -2.03. The molecule has 0 spiro atoms. The molecule has 2 aromatic carbocycles.